The summed E-state index contributed by atoms with van der Waals surface area (Å²) in [6.45, 7) is 5.00. The van der Waals surface area contributed by atoms with Gasteiger partial charge in [-0.05, 0) is 37.1 Å². The lowest BCUT2D eigenvalue weighted by Crippen LogP contribution is -2.43. The van der Waals surface area contributed by atoms with E-state index in [9.17, 15) is 0 Å². The van der Waals surface area contributed by atoms with Crippen molar-refractivity contribution < 1.29 is 0 Å². The Morgan fingerprint density at radius 2 is 2.00 bits per heavy atom. The Morgan fingerprint density at radius 3 is 2.64 bits per heavy atom. The molecule has 11 heavy (non-hydrogen) atoms. The summed E-state index contributed by atoms with van der Waals surface area (Å²) in [5.41, 5.74) is 0.720. The molecule has 2 fully saturated rings. The van der Waals surface area contributed by atoms with Crippen LogP contribution in [0.25, 0.3) is 0 Å². The van der Waals surface area contributed by atoms with E-state index in [1.165, 1.54) is 45.2 Å². The molecule has 1 spiro atoms. The predicted molar refractivity (Wildman–Crippen MR) is 47.6 cm³/mol. The largest absolute Gasteiger partial charge is 0.316 e. The summed E-state index contributed by atoms with van der Waals surface area (Å²) < 4.78 is 0. The maximum Gasteiger partial charge on any atom is 0.00104 e. The first-order valence-corrected chi connectivity index (χ1v) is 5.04. The summed E-state index contributed by atoms with van der Waals surface area (Å²) in [4.78, 5) is 0. The van der Waals surface area contributed by atoms with Crippen LogP contribution in [0.4, 0.5) is 0 Å². The van der Waals surface area contributed by atoms with E-state index in [2.05, 4.69) is 12.2 Å². The molecule has 0 aromatic rings. The molecule has 0 aromatic heterocycles. The van der Waals surface area contributed by atoms with Crippen LogP contribution in [0.15, 0.2) is 0 Å². The predicted octanol–water partition coefficient (Wildman–Crippen LogP) is 2.18. The first kappa shape index (κ1) is 7.60. The molecular weight excluding hydrogens is 134 g/mol. The van der Waals surface area contributed by atoms with Crippen LogP contribution in [0.1, 0.15) is 39.0 Å². The van der Waals surface area contributed by atoms with Gasteiger partial charge in [0.1, 0.15) is 0 Å². The van der Waals surface area contributed by atoms with Crippen LogP contribution in [0.3, 0.4) is 0 Å². The fourth-order valence-corrected chi connectivity index (χ4v) is 2.89. The van der Waals surface area contributed by atoms with Gasteiger partial charge < -0.3 is 5.32 Å². The van der Waals surface area contributed by atoms with Gasteiger partial charge in [0.25, 0.3) is 0 Å². The van der Waals surface area contributed by atoms with Crippen molar-refractivity contribution in [3.8, 4) is 0 Å². The zero-order valence-electron chi connectivity index (χ0n) is 7.53. The fraction of sp³-hybridized carbons (Fsp3) is 1.00. The van der Waals surface area contributed by atoms with Crippen LogP contribution >= 0.6 is 0 Å². The number of rotatable bonds is 0. The monoisotopic (exact) mass is 153 g/mol. The molecule has 0 bridgehead atoms. The molecule has 0 amide bonds. The van der Waals surface area contributed by atoms with Crippen molar-refractivity contribution in [1.29, 1.82) is 0 Å². The molecule has 1 saturated carbocycles. The minimum atomic E-state index is 0.720. The molecule has 1 unspecified atom stereocenters. The zero-order valence-corrected chi connectivity index (χ0v) is 7.53. The van der Waals surface area contributed by atoms with Crippen molar-refractivity contribution in [3.05, 3.63) is 0 Å². The van der Waals surface area contributed by atoms with Gasteiger partial charge in [0, 0.05) is 6.54 Å². The molecule has 2 rings (SSSR count). The van der Waals surface area contributed by atoms with Gasteiger partial charge in [0.15, 0.2) is 0 Å². The van der Waals surface area contributed by atoms with Crippen LogP contribution in [-0.2, 0) is 0 Å². The Labute approximate surface area is 69.6 Å². The first-order valence-electron chi connectivity index (χ1n) is 5.04. The Kier molecular flexibility index (Phi) is 1.92. The van der Waals surface area contributed by atoms with Crippen LogP contribution < -0.4 is 5.32 Å². The average molecular weight is 153 g/mol. The van der Waals surface area contributed by atoms with E-state index in [4.69, 9.17) is 0 Å². The summed E-state index contributed by atoms with van der Waals surface area (Å²) in [5, 5.41) is 3.55. The van der Waals surface area contributed by atoms with E-state index in [1.54, 1.807) is 0 Å². The van der Waals surface area contributed by atoms with Crippen molar-refractivity contribution in [3.63, 3.8) is 0 Å². The summed E-state index contributed by atoms with van der Waals surface area (Å²) in [6.07, 6.45) is 7.33. The van der Waals surface area contributed by atoms with Gasteiger partial charge in [-0.25, -0.2) is 0 Å². The van der Waals surface area contributed by atoms with Gasteiger partial charge in [-0.15, -0.1) is 0 Å². The number of hydrogen-bond acceptors (Lipinski definition) is 1. The molecule has 1 heterocycles. The molecule has 1 nitrogen and oxygen atoms in total. The second kappa shape index (κ2) is 2.78. The van der Waals surface area contributed by atoms with Gasteiger partial charge in [0.2, 0.25) is 0 Å². The summed E-state index contributed by atoms with van der Waals surface area (Å²) in [5.74, 6) is 0.978. The molecular formula is C10H19N. The standard InChI is InChI=1S/C10H19N/c1-9-4-7-11-8-10(9)5-2-3-6-10/h9,11H,2-8H2,1H3. The van der Waals surface area contributed by atoms with Crippen molar-refractivity contribution >= 4 is 0 Å². The highest BCUT2D eigenvalue weighted by molar-refractivity contribution is 4.93. The molecule has 1 heteroatoms. The molecule has 2 aliphatic rings. The topological polar surface area (TPSA) is 12.0 Å². The summed E-state index contributed by atoms with van der Waals surface area (Å²) >= 11 is 0. The lowest BCUT2D eigenvalue weighted by molar-refractivity contribution is 0.133. The van der Waals surface area contributed by atoms with Crippen LogP contribution in [0.2, 0.25) is 0 Å². The lowest BCUT2D eigenvalue weighted by Gasteiger charge is -2.40. The molecule has 1 atom stereocenters. The van der Waals surface area contributed by atoms with E-state index in [1.807, 2.05) is 0 Å². The Morgan fingerprint density at radius 1 is 1.27 bits per heavy atom. The van der Waals surface area contributed by atoms with Crippen molar-refractivity contribution in [2.45, 2.75) is 39.0 Å². The average Bonchev–Trinajstić information content (AvgIpc) is 2.46. The summed E-state index contributed by atoms with van der Waals surface area (Å²) in [7, 11) is 0. The number of nitrogens with one attached hydrogen (secondary N) is 1. The Balaban J connectivity index is 2.07. The van der Waals surface area contributed by atoms with Gasteiger partial charge in [-0.3, -0.25) is 0 Å². The number of hydrogen-bond donors (Lipinski definition) is 1. The molecule has 0 radical (unpaired) electrons. The van der Waals surface area contributed by atoms with E-state index in [-0.39, 0.29) is 0 Å². The fourth-order valence-electron chi connectivity index (χ4n) is 2.89. The van der Waals surface area contributed by atoms with E-state index >= 15 is 0 Å². The van der Waals surface area contributed by atoms with Gasteiger partial charge in [-0.2, -0.15) is 0 Å². The second-order valence-corrected chi connectivity index (χ2v) is 4.44. The highest BCUT2D eigenvalue weighted by Crippen LogP contribution is 2.46. The maximum atomic E-state index is 3.55. The lowest BCUT2D eigenvalue weighted by atomic mass is 9.71. The van der Waals surface area contributed by atoms with Crippen LogP contribution in [0.5, 0.6) is 0 Å². The third-order valence-corrected chi connectivity index (χ3v) is 3.88. The number of piperidine rings is 1. The third kappa shape index (κ3) is 1.20. The third-order valence-electron chi connectivity index (χ3n) is 3.88. The molecule has 64 valence electrons. The molecule has 1 aliphatic heterocycles. The molecule has 1 saturated heterocycles. The molecule has 1 aliphatic carbocycles. The SMILES string of the molecule is CC1CCNCC12CCCC2. The quantitative estimate of drug-likeness (QED) is 0.562. The Bertz CT molecular complexity index is 136. The van der Waals surface area contributed by atoms with E-state index in [0.29, 0.717) is 0 Å². The molecule has 0 aromatic carbocycles. The Hall–Kier alpha value is -0.0400. The smallest absolute Gasteiger partial charge is 0.00104 e. The van der Waals surface area contributed by atoms with Crippen LogP contribution in [-0.4, -0.2) is 13.1 Å². The van der Waals surface area contributed by atoms with Crippen LogP contribution in [0, 0.1) is 11.3 Å². The maximum absolute atomic E-state index is 3.55. The second-order valence-electron chi connectivity index (χ2n) is 4.44. The van der Waals surface area contributed by atoms with Crippen molar-refractivity contribution in [1.82, 2.24) is 5.32 Å². The van der Waals surface area contributed by atoms with Gasteiger partial charge in [0.05, 0.1) is 0 Å². The van der Waals surface area contributed by atoms with E-state index < -0.39 is 0 Å². The van der Waals surface area contributed by atoms with Gasteiger partial charge >= 0.3 is 0 Å². The summed E-state index contributed by atoms with van der Waals surface area (Å²) in [6, 6.07) is 0. The highest BCUT2D eigenvalue weighted by Gasteiger charge is 2.39. The van der Waals surface area contributed by atoms with E-state index in [0.717, 1.165) is 11.3 Å². The van der Waals surface area contributed by atoms with Crippen molar-refractivity contribution in [2.24, 2.45) is 11.3 Å². The normalized spacial score (nSPS) is 36.3. The highest BCUT2D eigenvalue weighted by atomic mass is 14.9. The van der Waals surface area contributed by atoms with Gasteiger partial charge in [-0.1, -0.05) is 19.8 Å². The van der Waals surface area contributed by atoms with Crippen molar-refractivity contribution in [2.75, 3.05) is 13.1 Å². The molecule has 1 N–H and O–H groups in total. The minimum absolute atomic E-state index is 0.720. The zero-order chi connectivity index (χ0) is 7.73. The first-order chi connectivity index (χ1) is 5.33. The minimum Gasteiger partial charge on any atom is -0.316 e.